The van der Waals surface area contributed by atoms with Crippen LogP contribution in [-0.2, 0) is 24.3 Å². The van der Waals surface area contributed by atoms with Crippen LogP contribution in [0.5, 0.6) is 0 Å². The molecule has 0 unspecified atom stereocenters. The van der Waals surface area contributed by atoms with Gasteiger partial charge in [0.05, 0.1) is 4.90 Å². The van der Waals surface area contributed by atoms with Gasteiger partial charge in [-0.1, -0.05) is 11.6 Å². The molecule has 9 nitrogen and oxygen atoms in total. The average molecular weight is 404 g/mol. The summed E-state index contributed by atoms with van der Waals surface area (Å²) in [5.74, 6) is -1.62. The number of carbonyl (C=O) groups excluding carboxylic acids is 3. The summed E-state index contributed by atoms with van der Waals surface area (Å²) in [6, 6.07) is 3.59. The van der Waals surface area contributed by atoms with E-state index in [2.05, 4.69) is 10.0 Å². The van der Waals surface area contributed by atoms with Crippen LogP contribution in [0.15, 0.2) is 29.2 Å². The van der Waals surface area contributed by atoms with Crippen LogP contribution < -0.4 is 10.0 Å². The van der Waals surface area contributed by atoms with E-state index in [0.717, 1.165) is 4.90 Å². The van der Waals surface area contributed by atoms with E-state index in [1.807, 2.05) is 0 Å². The highest BCUT2D eigenvalue weighted by Crippen LogP contribution is 2.14. The Morgan fingerprint density at radius 2 is 1.88 bits per heavy atom. The Labute approximate surface area is 155 Å². The Kier molecular flexibility index (Phi) is 6.21. The molecule has 2 N–H and O–H groups in total. The number of nitrogens with zero attached hydrogens (tertiary/aromatic N) is 1. The largest absolute Gasteiger partial charge is 0.451 e. The fourth-order valence-electron chi connectivity index (χ4n) is 2.19. The first-order valence-electron chi connectivity index (χ1n) is 7.69. The van der Waals surface area contributed by atoms with Crippen molar-refractivity contribution in [2.24, 2.45) is 0 Å². The van der Waals surface area contributed by atoms with Crippen LogP contribution in [-0.4, -0.2) is 56.5 Å². The smallest absolute Gasteiger partial charge is 0.324 e. The van der Waals surface area contributed by atoms with Crippen molar-refractivity contribution in [3.05, 3.63) is 29.3 Å². The van der Waals surface area contributed by atoms with Gasteiger partial charge < -0.3 is 10.1 Å². The molecule has 0 aliphatic carbocycles. The van der Waals surface area contributed by atoms with E-state index in [4.69, 9.17) is 16.3 Å². The predicted octanol–water partition coefficient (Wildman–Crippen LogP) is 0.490. The molecule has 1 aliphatic heterocycles. The minimum absolute atomic E-state index is 0.0700. The summed E-state index contributed by atoms with van der Waals surface area (Å²) in [4.78, 5) is 36.5. The second-order valence-electron chi connectivity index (χ2n) is 5.60. The second kappa shape index (κ2) is 8.02. The lowest BCUT2D eigenvalue weighted by Gasteiger charge is -2.20. The molecule has 26 heavy (non-hydrogen) atoms. The number of hydrogen-bond donors (Lipinski definition) is 2. The SMILES string of the molecule is C[C@H](NS(=O)(=O)c1ccc(Cl)cc1)C(=O)O[C@H](C)C(=O)N1CCNC1=O. The summed E-state index contributed by atoms with van der Waals surface area (Å²) < 4.78 is 31.6. The molecule has 1 saturated heterocycles. The van der Waals surface area contributed by atoms with Crippen molar-refractivity contribution in [3.8, 4) is 0 Å². The molecule has 1 aliphatic rings. The lowest BCUT2D eigenvalue weighted by Crippen LogP contribution is -2.45. The molecular weight excluding hydrogens is 386 g/mol. The summed E-state index contributed by atoms with van der Waals surface area (Å²) in [6.07, 6.45) is -1.23. The molecule has 142 valence electrons. The minimum Gasteiger partial charge on any atom is -0.451 e. The lowest BCUT2D eigenvalue weighted by molar-refractivity contribution is -0.158. The molecular formula is C15H18ClN3O6S. The number of halogens is 1. The number of amides is 3. The Morgan fingerprint density at radius 3 is 2.42 bits per heavy atom. The van der Waals surface area contributed by atoms with Gasteiger partial charge in [0.25, 0.3) is 5.91 Å². The van der Waals surface area contributed by atoms with E-state index < -0.39 is 40.1 Å². The number of hydrogen-bond acceptors (Lipinski definition) is 6. The van der Waals surface area contributed by atoms with Crippen molar-refractivity contribution >= 4 is 39.5 Å². The quantitative estimate of drug-likeness (QED) is 0.666. The Morgan fingerprint density at radius 1 is 1.27 bits per heavy atom. The molecule has 11 heteroatoms. The fourth-order valence-corrected chi connectivity index (χ4v) is 3.51. The van der Waals surface area contributed by atoms with Crippen LogP contribution in [0, 0.1) is 0 Å². The van der Waals surface area contributed by atoms with Crippen LogP contribution in [0.4, 0.5) is 4.79 Å². The van der Waals surface area contributed by atoms with Gasteiger partial charge in [-0.15, -0.1) is 0 Å². The third-order valence-electron chi connectivity index (χ3n) is 3.57. The van der Waals surface area contributed by atoms with Crippen LogP contribution >= 0.6 is 11.6 Å². The number of urea groups is 1. The highest BCUT2D eigenvalue weighted by Gasteiger charge is 2.33. The Bertz CT molecular complexity index is 811. The number of benzene rings is 1. The molecule has 0 bridgehead atoms. The van der Waals surface area contributed by atoms with Crippen LogP contribution in [0.25, 0.3) is 0 Å². The number of esters is 1. The van der Waals surface area contributed by atoms with Gasteiger partial charge >= 0.3 is 12.0 Å². The number of sulfonamides is 1. The van der Waals surface area contributed by atoms with Gasteiger partial charge in [-0.2, -0.15) is 4.72 Å². The van der Waals surface area contributed by atoms with E-state index in [-0.39, 0.29) is 11.4 Å². The normalized spacial score (nSPS) is 16.7. The molecule has 0 spiro atoms. The molecule has 2 atom stereocenters. The Balaban J connectivity index is 1.97. The van der Waals surface area contributed by atoms with Crippen LogP contribution in [0.2, 0.25) is 5.02 Å². The molecule has 0 aromatic heterocycles. The molecule has 0 radical (unpaired) electrons. The highest BCUT2D eigenvalue weighted by molar-refractivity contribution is 7.89. The van der Waals surface area contributed by atoms with Crippen molar-refractivity contribution in [2.75, 3.05) is 13.1 Å². The maximum atomic E-state index is 12.2. The average Bonchev–Trinajstić information content (AvgIpc) is 3.00. The number of ether oxygens (including phenoxy) is 1. The van der Waals surface area contributed by atoms with Gasteiger partial charge in [-0.05, 0) is 38.1 Å². The zero-order chi connectivity index (χ0) is 19.5. The predicted molar refractivity (Wildman–Crippen MR) is 91.9 cm³/mol. The molecule has 1 aromatic carbocycles. The zero-order valence-electron chi connectivity index (χ0n) is 14.1. The van der Waals surface area contributed by atoms with Gasteiger partial charge in [0.15, 0.2) is 6.10 Å². The molecule has 0 saturated carbocycles. The maximum absolute atomic E-state index is 12.2. The van der Waals surface area contributed by atoms with E-state index >= 15 is 0 Å². The van der Waals surface area contributed by atoms with Crippen LogP contribution in [0.1, 0.15) is 13.8 Å². The first-order valence-corrected chi connectivity index (χ1v) is 9.55. The lowest BCUT2D eigenvalue weighted by atomic mass is 10.3. The fraction of sp³-hybridized carbons (Fsp3) is 0.400. The summed E-state index contributed by atoms with van der Waals surface area (Å²) in [7, 11) is -3.97. The standard InChI is InChI=1S/C15H18ClN3O6S/c1-9(18-26(23,24)12-5-3-11(16)4-6-12)14(21)25-10(2)13(20)19-8-7-17-15(19)22/h3-6,9-10,18H,7-8H2,1-2H3,(H,17,22)/t9-,10+/m0/s1. The van der Waals surface area contributed by atoms with E-state index in [1.54, 1.807) is 0 Å². The highest BCUT2D eigenvalue weighted by atomic mass is 35.5. The molecule has 1 aromatic rings. The molecule has 1 heterocycles. The monoisotopic (exact) mass is 403 g/mol. The van der Waals surface area contributed by atoms with Crippen molar-refractivity contribution in [3.63, 3.8) is 0 Å². The third-order valence-corrected chi connectivity index (χ3v) is 5.38. The minimum atomic E-state index is -3.97. The summed E-state index contributed by atoms with van der Waals surface area (Å²) in [5.41, 5.74) is 0. The summed E-state index contributed by atoms with van der Waals surface area (Å²) in [5, 5.41) is 2.83. The topological polar surface area (TPSA) is 122 Å². The summed E-state index contributed by atoms with van der Waals surface area (Å²) >= 11 is 5.72. The van der Waals surface area contributed by atoms with E-state index in [9.17, 15) is 22.8 Å². The second-order valence-corrected chi connectivity index (χ2v) is 7.75. The van der Waals surface area contributed by atoms with Gasteiger partial charge in [0.2, 0.25) is 10.0 Å². The number of rotatable bonds is 6. The molecule has 3 amide bonds. The molecule has 2 rings (SSSR count). The van der Waals surface area contributed by atoms with Gasteiger partial charge in [-0.3, -0.25) is 14.5 Å². The van der Waals surface area contributed by atoms with Crippen molar-refractivity contribution < 1.29 is 27.5 Å². The third kappa shape index (κ3) is 4.71. The number of carbonyl (C=O) groups is 3. The zero-order valence-corrected chi connectivity index (χ0v) is 15.6. The first-order chi connectivity index (χ1) is 12.1. The van der Waals surface area contributed by atoms with Crippen molar-refractivity contribution in [1.29, 1.82) is 0 Å². The van der Waals surface area contributed by atoms with Crippen molar-refractivity contribution in [2.45, 2.75) is 30.9 Å². The van der Waals surface area contributed by atoms with Crippen LogP contribution in [0.3, 0.4) is 0 Å². The molecule has 1 fully saturated rings. The van der Waals surface area contributed by atoms with Gasteiger partial charge in [-0.25, -0.2) is 13.2 Å². The maximum Gasteiger partial charge on any atom is 0.324 e. The first kappa shape index (κ1) is 20.1. The van der Waals surface area contributed by atoms with Crippen molar-refractivity contribution in [1.82, 2.24) is 14.9 Å². The van der Waals surface area contributed by atoms with Gasteiger partial charge in [0, 0.05) is 18.1 Å². The number of imide groups is 1. The van der Waals surface area contributed by atoms with Gasteiger partial charge in [0.1, 0.15) is 6.04 Å². The Hall–Kier alpha value is -2.17. The number of nitrogens with one attached hydrogen (secondary N) is 2. The van der Waals surface area contributed by atoms with E-state index in [0.29, 0.717) is 11.6 Å². The summed E-state index contributed by atoms with van der Waals surface area (Å²) in [6.45, 7) is 3.10. The van der Waals surface area contributed by atoms with E-state index in [1.165, 1.54) is 38.1 Å².